The topological polar surface area (TPSA) is 155 Å². The first kappa shape index (κ1) is 50.9. The number of phosphoric acid groups is 1. The molecule has 0 aliphatic rings. The van der Waals surface area contributed by atoms with Crippen molar-refractivity contribution in [3.8, 4) is 0 Å². The molecule has 0 aliphatic carbocycles. The van der Waals surface area contributed by atoms with Crippen LogP contribution in [-0.2, 0) is 32.7 Å². The highest BCUT2D eigenvalue weighted by Gasteiger charge is 2.25. The summed E-state index contributed by atoms with van der Waals surface area (Å²) in [6.45, 7) is 3.17. The molecule has 10 nitrogen and oxygen atoms in total. The van der Waals surface area contributed by atoms with Gasteiger partial charge in [-0.1, -0.05) is 111 Å². The zero-order valence-electron chi connectivity index (χ0n) is 33.0. The second-order valence-electron chi connectivity index (χ2n) is 12.6. The van der Waals surface area contributed by atoms with Crippen LogP contribution in [0.25, 0.3) is 0 Å². The fourth-order valence-electron chi connectivity index (χ4n) is 4.54. The van der Waals surface area contributed by atoms with Crippen LogP contribution in [0.1, 0.15) is 123 Å². The van der Waals surface area contributed by atoms with Crippen molar-refractivity contribution in [1.29, 1.82) is 0 Å². The molecular weight excluding hydrogens is 705 g/mol. The summed E-state index contributed by atoms with van der Waals surface area (Å²) < 4.78 is 32.6. The van der Waals surface area contributed by atoms with E-state index in [-0.39, 0.29) is 38.7 Å². The Labute approximate surface area is 326 Å². The van der Waals surface area contributed by atoms with Crippen molar-refractivity contribution in [2.45, 2.75) is 135 Å². The SMILES string of the molecule is CC/C=C\C/C=C\C/C=C\C/C=C\CCCCC(=O)O[C@H](COC(=O)CCC/C=C\C/C=C\C/C=C\C/C=C\CC[C@@H](O)CC)COP(=O)(O)OCCN. The molecule has 1 unspecified atom stereocenters. The van der Waals surface area contributed by atoms with E-state index < -0.39 is 32.5 Å². The number of rotatable bonds is 35. The van der Waals surface area contributed by atoms with Gasteiger partial charge in [0.2, 0.25) is 0 Å². The molecule has 0 spiro atoms. The van der Waals surface area contributed by atoms with Crippen LogP contribution in [0.3, 0.4) is 0 Å². The molecule has 0 amide bonds. The summed E-state index contributed by atoms with van der Waals surface area (Å²) in [4.78, 5) is 34.7. The summed E-state index contributed by atoms with van der Waals surface area (Å²) in [5, 5.41) is 9.55. The minimum atomic E-state index is -4.41. The van der Waals surface area contributed by atoms with E-state index in [0.29, 0.717) is 19.3 Å². The smallest absolute Gasteiger partial charge is 0.462 e. The van der Waals surface area contributed by atoms with Gasteiger partial charge in [-0.3, -0.25) is 18.6 Å². The van der Waals surface area contributed by atoms with Gasteiger partial charge in [0.1, 0.15) is 6.61 Å². The van der Waals surface area contributed by atoms with E-state index in [1.54, 1.807) is 0 Å². The standard InChI is InChI=1S/C43H70NO9P/c1-3-5-6-7-8-9-10-11-12-17-20-23-26-29-32-35-43(47)53-41(39-52-54(48,49)51-37-36-44)38-50-42(46)34-31-28-25-22-19-16-14-13-15-18-21-24-27-30-33-40(45)4-2/h5-6,8-9,11-12,14-16,18,20,22-25,27,40-41,45H,3-4,7,10,13,17,19,21,26,28-39,44H2,1-2H3,(H,48,49)/b6-5-,9-8-,12-11-,16-14-,18-15-,23-20-,25-22-,27-24-/t40-,41+/m0/s1. The van der Waals surface area contributed by atoms with Gasteiger partial charge in [0.05, 0.1) is 19.3 Å². The summed E-state index contributed by atoms with van der Waals surface area (Å²) in [6, 6.07) is 0. The van der Waals surface area contributed by atoms with Gasteiger partial charge in [0.25, 0.3) is 0 Å². The van der Waals surface area contributed by atoms with Crippen LogP contribution in [0.15, 0.2) is 97.2 Å². The van der Waals surface area contributed by atoms with Crippen molar-refractivity contribution in [3.05, 3.63) is 97.2 Å². The number of nitrogens with two attached hydrogens (primary N) is 1. The van der Waals surface area contributed by atoms with Crippen LogP contribution in [0.2, 0.25) is 0 Å². The third-order valence-electron chi connectivity index (χ3n) is 7.62. The Morgan fingerprint density at radius 1 is 0.630 bits per heavy atom. The van der Waals surface area contributed by atoms with Crippen LogP contribution < -0.4 is 5.73 Å². The summed E-state index contributed by atoms with van der Waals surface area (Å²) in [5.41, 5.74) is 5.33. The Morgan fingerprint density at radius 2 is 1.11 bits per heavy atom. The quantitative estimate of drug-likeness (QED) is 0.0245. The first-order chi connectivity index (χ1) is 26.2. The average molecular weight is 776 g/mol. The van der Waals surface area contributed by atoms with Crippen molar-refractivity contribution in [2.75, 3.05) is 26.4 Å². The molecule has 54 heavy (non-hydrogen) atoms. The minimum absolute atomic E-state index is 0.0281. The normalized spacial score (nSPS) is 15.0. The predicted octanol–water partition coefficient (Wildman–Crippen LogP) is 10.0. The zero-order chi connectivity index (χ0) is 39.8. The lowest BCUT2D eigenvalue weighted by atomic mass is 10.1. The highest BCUT2D eigenvalue weighted by atomic mass is 31.2. The molecule has 0 saturated heterocycles. The molecule has 0 saturated carbocycles. The average Bonchev–Trinajstić information content (AvgIpc) is 3.16. The molecule has 306 valence electrons. The maximum atomic E-state index is 12.5. The number of allylic oxidation sites excluding steroid dienone is 16. The molecule has 0 fully saturated rings. The van der Waals surface area contributed by atoms with Gasteiger partial charge in [0, 0.05) is 19.4 Å². The molecule has 0 heterocycles. The summed E-state index contributed by atoms with van der Waals surface area (Å²) in [6.07, 6.45) is 45.4. The number of hydrogen-bond acceptors (Lipinski definition) is 9. The van der Waals surface area contributed by atoms with E-state index in [4.69, 9.17) is 24.3 Å². The van der Waals surface area contributed by atoms with Crippen molar-refractivity contribution >= 4 is 19.8 Å². The van der Waals surface area contributed by atoms with E-state index in [9.17, 15) is 24.2 Å². The first-order valence-corrected chi connectivity index (χ1v) is 21.3. The van der Waals surface area contributed by atoms with Gasteiger partial charge in [0.15, 0.2) is 6.10 Å². The highest BCUT2D eigenvalue weighted by molar-refractivity contribution is 7.47. The fourth-order valence-corrected chi connectivity index (χ4v) is 5.30. The van der Waals surface area contributed by atoms with Gasteiger partial charge in [-0.15, -0.1) is 0 Å². The van der Waals surface area contributed by atoms with Crippen LogP contribution in [-0.4, -0.2) is 60.5 Å². The van der Waals surface area contributed by atoms with Crippen molar-refractivity contribution in [1.82, 2.24) is 0 Å². The molecule has 0 aromatic carbocycles. The zero-order valence-corrected chi connectivity index (χ0v) is 33.9. The Kier molecular flexibility index (Phi) is 36.0. The lowest BCUT2D eigenvalue weighted by Crippen LogP contribution is -2.29. The lowest BCUT2D eigenvalue weighted by molar-refractivity contribution is -0.161. The molecule has 4 N–H and O–H groups in total. The number of aliphatic hydroxyl groups is 1. The first-order valence-electron chi connectivity index (χ1n) is 19.8. The van der Waals surface area contributed by atoms with E-state index in [1.807, 2.05) is 13.0 Å². The second-order valence-corrected chi connectivity index (χ2v) is 14.0. The van der Waals surface area contributed by atoms with Gasteiger partial charge >= 0.3 is 19.8 Å². The van der Waals surface area contributed by atoms with Gasteiger partial charge < -0.3 is 25.2 Å². The third-order valence-corrected chi connectivity index (χ3v) is 8.60. The number of carbonyl (C=O) groups is 2. The number of aliphatic hydroxyl groups excluding tert-OH is 1. The third kappa shape index (κ3) is 37.2. The Hall–Kier alpha value is -3.11. The number of hydrogen-bond donors (Lipinski definition) is 3. The van der Waals surface area contributed by atoms with Crippen molar-refractivity contribution in [3.63, 3.8) is 0 Å². The van der Waals surface area contributed by atoms with Crippen LogP contribution in [0.5, 0.6) is 0 Å². The molecule has 3 atom stereocenters. The number of unbranched alkanes of at least 4 members (excludes halogenated alkanes) is 3. The van der Waals surface area contributed by atoms with Gasteiger partial charge in [-0.25, -0.2) is 4.57 Å². The number of esters is 2. The molecule has 0 rings (SSSR count). The van der Waals surface area contributed by atoms with Crippen LogP contribution in [0, 0.1) is 0 Å². The molecule has 0 bridgehead atoms. The van der Waals surface area contributed by atoms with Gasteiger partial charge in [-0.05, 0) is 96.3 Å². The minimum Gasteiger partial charge on any atom is -0.462 e. The lowest BCUT2D eigenvalue weighted by Gasteiger charge is -2.19. The highest BCUT2D eigenvalue weighted by Crippen LogP contribution is 2.43. The molecule has 0 radical (unpaired) electrons. The van der Waals surface area contributed by atoms with E-state index in [1.165, 1.54) is 0 Å². The molecular formula is C43H70NO9P. The van der Waals surface area contributed by atoms with Gasteiger partial charge in [-0.2, -0.15) is 0 Å². The number of ether oxygens (including phenoxy) is 2. The predicted molar refractivity (Wildman–Crippen MR) is 221 cm³/mol. The van der Waals surface area contributed by atoms with Crippen LogP contribution >= 0.6 is 7.82 Å². The fraction of sp³-hybridized carbons (Fsp3) is 0.581. The van der Waals surface area contributed by atoms with E-state index >= 15 is 0 Å². The summed E-state index contributed by atoms with van der Waals surface area (Å²) in [7, 11) is -4.41. The monoisotopic (exact) mass is 775 g/mol. The van der Waals surface area contributed by atoms with E-state index in [2.05, 4.69) is 98.1 Å². The number of phosphoric ester groups is 1. The van der Waals surface area contributed by atoms with E-state index in [0.717, 1.165) is 77.0 Å². The Morgan fingerprint density at radius 3 is 1.63 bits per heavy atom. The molecule has 0 aliphatic heterocycles. The maximum absolute atomic E-state index is 12.5. The summed E-state index contributed by atoms with van der Waals surface area (Å²) in [5.74, 6) is -0.975. The van der Waals surface area contributed by atoms with Crippen LogP contribution in [0.4, 0.5) is 0 Å². The second kappa shape index (κ2) is 38.2. The Bertz CT molecular complexity index is 1220. The largest absolute Gasteiger partial charge is 0.472 e. The maximum Gasteiger partial charge on any atom is 0.472 e. The molecule has 11 heteroatoms. The Balaban J connectivity index is 4.40. The summed E-state index contributed by atoms with van der Waals surface area (Å²) >= 11 is 0. The van der Waals surface area contributed by atoms with Crippen molar-refractivity contribution < 1.29 is 42.7 Å². The molecule has 0 aromatic heterocycles. The van der Waals surface area contributed by atoms with Crippen molar-refractivity contribution in [2.24, 2.45) is 5.73 Å². The number of carbonyl (C=O) groups excluding carboxylic acids is 2. The molecule has 0 aromatic rings.